The SMILES string of the molecule is C1=c2c(-c3ccc4cc(-c5ccc6ccccc6c5)c5ccccc5c4c3)c3ccccc3c(-c3cccc4c3oc3ccccc34)c2=CCC1. The summed E-state index contributed by atoms with van der Waals surface area (Å²) in [6, 6.07) is 57.8. The first-order chi connectivity index (χ1) is 25.3. The highest BCUT2D eigenvalue weighted by atomic mass is 16.3. The summed E-state index contributed by atoms with van der Waals surface area (Å²) in [5.74, 6) is 0. The first-order valence-corrected chi connectivity index (χ1v) is 17.9. The highest BCUT2D eigenvalue weighted by molar-refractivity contribution is 6.17. The van der Waals surface area contributed by atoms with Gasteiger partial charge in [0.1, 0.15) is 11.2 Å². The van der Waals surface area contributed by atoms with Crippen LogP contribution in [0.4, 0.5) is 0 Å². The molecule has 1 aliphatic rings. The van der Waals surface area contributed by atoms with E-state index in [1.807, 2.05) is 0 Å². The predicted molar refractivity (Wildman–Crippen MR) is 217 cm³/mol. The lowest BCUT2D eigenvalue weighted by Gasteiger charge is -2.18. The van der Waals surface area contributed by atoms with Gasteiger partial charge in [0.15, 0.2) is 0 Å². The van der Waals surface area contributed by atoms with E-state index < -0.39 is 0 Å². The zero-order valence-corrected chi connectivity index (χ0v) is 28.0. The quantitative estimate of drug-likeness (QED) is 0.174. The molecule has 1 heteroatoms. The molecule has 11 rings (SSSR count). The molecular formula is C50H32O. The molecule has 0 atom stereocenters. The van der Waals surface area contributed by atoms with E-state index in [2.05, 4.69) is 170 Å². The van der Waals surface area contributed by atoms with E-state index in [9.17, 15) is 0 Å². The van der Waals surface area contributed by atoms with Crippen LogP contribution >= 0.6 is 0 Å². The molecule has 10 aromatic rings. The van der Waals surface area contributed by atoms with E-state index in [0.29, 0.717) is 0 Å². The Labute approximate surface area is 295 Å². The van der Waals surface area contributed by atoms with Gasteiger partial charge in [0.05, 0.1) is 0 Å². The maximum absolute atomic E-state index is 6.62. The number of rotatable bonds is 3. The Bertz CT molecular complexity index is 3190. The molecule has 0 fully saturated rings. The minimum atomic E-state index is 0.928. The second-order valence-electron chi connectivity index (χ2n) is 13.9. The molecule has 0 saturated heterocycles. The number of hydrogen-bond donors (Lipinski definition) is 0. The van der Waals surface area contributed by atoms with Gasteiger partial charge in [-0.25, -0.2) is 0 Å². The molecule has 0 spiro atoms. The van der Waals surface area contributed by atoms with Crippen LogP contribution in [0, 0.1) is 0 Å². The molecule has 1 nitrogen and oxygen atoms in total. The molecule has 51 heavy (non-hydrogen) atoms. The highest BCUT2D eigenvalue weighted by Gasteiger charge is 2.20. The molecule has 0 aliphatic heterocycles. The molecule has 1 heterocycles. The number of para-hydroxylation sites is 2. The minimum absolute atomic E-state index is 0.928. The van der Waals surface area contributed by atoms with E-state index in [-0.39, 0.29) is 0 Å². The van der Waals surface area contributed by atoms with Crippen molar-refractivity contribution in [2.24, 2.45) is 0 Å². The summed E-state index contributed by atoms with van der Waals surface area (Å²) in [7, 11) is 0. The maximum atomic E-state index is 6.62. The van der Waals surface area contributed by atoms with Gasteiger partial charge in [-0.15, -0.1) is 0 Å². The molecule has 9 aromatic carbocycles. The Morgan fingerprint density at radius 1 is 0.353 bits per heavy atom. The van der Waals surface area contributed by atoms with Crippen molar-refractivity contribution in [3.05, 3.63) is 168 Å². The third-order valence-corrected chi connectivity index (χ3v) is 11.0. The van der Waals surface area contributed by atoms with Gasteiger partial charge < -0.3 is 4.42 Å². The number of fused-ring (bicyclic) bond motifs is 9. The lowest BCUT2D eigenvalue weighted by atomic mass is 9.85. The Hall–Kier alpha value is -6.44. The standard InChI is InChI=1S/C50H32O/c1-2-13-32-28-33(25-24-31(32)12-1)45-29-34-26-27-35(30-46(34)37-15-4-3-14-36(37)45)48-39-17-5-7-19-41(39)49(42-20-8-6-18-40(42)48)44-22-11-21-43-38-16-9-10-23-47(38)51-50(43)44/h1-5,7,9-30H,6,8H2. The Balaban J connectivity index is 1.18. The molecule has 0 saturated carbocycles. The first-order valence-electron chi connectivity index (χ1n) is 17.9. The van der Waals surface area contributed by atoms with Gasteiger partial charge in [0.25, 0.3) is 0 Å². The second kappa shape index (κ2) is 11.0. The Morgan fingerprint density at radius 2 is 0.980 bits per heavy atom. The minimum Gasteiger partial charge on any atom is -0.455 e. The maximum Gasteiger partial charge on any atom is 0.143 e. The van der Waals surface area contributed by atoms with E-state index in [1.54, 1.807) is 0 Å². The third-order valence-electron chi connectivity index (χ3n) is 11.0. The fourth-order valence-electron chi connectivity index (χ4n) is 8.76. The van der Waals surface area contributed by atoms with Crippen LogP contribution in [0.2, 0.25) is 0 Å². The van der Waals surface area contributed by atoms with Gasteiger partial charge in [-0.1, -0.05) is 146 Å². The number of furan rings is 1. The summed E-state index contributed by atoms with van der Waals surface area (Å²) < 4.78 is 6.62. The molecule has 1 aromatic heterocycles. The highest BCUT2D eigenvalue weighted by Crippen LogP contribution is 2.41. The lowest BCUT2D eigenvalue weighted by Crippen LogP contribution is -2.31. The van der Waals surface area contributed by atoms with E-state index >= 15 is 0 Å². The van der Waals surface area contributed by atoms with Gasteiger partial charge in [0, 0.05) is 21.9 Å². The average molecular weight is 649 g/mol. The van der Waals surface area contributed by atoms with Crippen LogP contribution < -0.4 is 10.4 Å². The van der Waals surface area contributed by atoms with Crippen LogP contribution in [0.15, 0.2) is 162 Å². The molecule has 0 N–H and O–H groups in total. The van der Waals surface area contributed by atoms with Crippen molar-refractivity contribution in [1.29, 1.82) is 0 Å². The van der Waals surface area contributed by atoms with Gasteiger partial charge >= 0.3 is 0 Å². The summed E-state index contributed by atoms with van der Waals surface area (Å²) in [6.45, 7) is 0. The molecule has 0 radical (unpaired) electrons. The summed E-state index contributed by atoms with van der Waals surface area (Å²) in [6.07, 6.45) is 6.96. The summed E-state index contributed by atoms with van der Waals surface area (Å²) in [5.41, 5.74) is 9.37. The van der Waals surface area contributed by atoms with Crippen molar-refractivity contribution in [2.75, 3.05) is 0 Å². The first kappa shape index (κ1) is 28.4. The predicted octanol–water partition coefficient (Wildman–Crippen LogP) is 12.6. The van der Waals surface area contributed by atoms with E-state index in [1.165, 1.54) is 81.3 Å². The smallest absolute Gasteiger partial charge is 0.143 e. The normalized spacial score (nSPS) is 12.9. The lowest BCUT2D eigenvalue weighted by molar-refractivity contribution is 0.670. The fraction of sp³-hybridized carbons (Fsp3) is 0.0400. The van der Waals surface area contributed by atoms with E-state index in [4.69, 9.17) is 4.42 Å². The monoisotopic (exact) mass is 648 g/mol. The van der Waals surface area contributed by atoms with Crippen molar-refractivity contribution in [2.45, 2.75) is 12.8 Å². The van der Waals surface area contributed by atoms with Crippen LogP contribution in [0.3, 0.4) is 0 Å². The largest absolute Gasteiger partial charge is 0.455 e. The topological polar surface area (TPSA) is 13.1 Å². The van der Waals surface area contributed by atoms with Gasteiger partial charge in [-0.05, 0) is 113 Å². The van der Waals surface area contributed by atoms with Crippen molar-refractivity contribution in [3.63, 3.8) is 0 Å². The second-order valence-corrected chi connectivity index (χ2v) is 13.9. The van der Waals surface area contributed by atoms with Crippen molar-refractivity contribution in [1.82, 2.24) is 0 Å². The van der Waals surface area contributed by atoms with Gasteiger partial charge in [-0.2, -0.15) is 0 Å². The summed E-state index contributed by atoms with van der Waals surface area (Å²) >= 11 is 0. The Morgan fingerprint density at radius 3 is 1.82 bits per heavy atom. The van der Waals surface area contributed by atoms with E-state index in [0.717, 1.165) is 40.3 Å². The molecule has 1 aliphatic carbocycles. The van der Waals surface area contributed by atoms with Crippen LogP contribution in [0.25, 0.3) is 111 Å². The number of hydrogen-bond acceptors (Lipinski definition) is 1. The Kier molecular flexibility index (Phi) is 6.15. The molecule has 238 valence electrons. The number of benzene rings is 9. The third kappa shape index (κ3) is 4.28. The summed E-state index contributed by atoms with van der Waals surface area (Å²) in [5, 5.41) is 15.1. The summed E-state index contributed by atoms with van der Waals surface area (Å²) in [4.78, 5) is 0. The molecule has 0 amide bonds. The fourth-order valence-corrected chi connectivity index (χ4v) is 8.76. The zero-order valence-electron chi connectivity index (χ0n) is 28.0. The molecular weight excluding hydrogens is 617 g/mol. The van der Waals surface area contributed by atoms with Crippen molar-refractivity contribution < 1.29 is 4.42 Å². The van der Waals surface area contributed by atoms with Crippen LogP contribution in [0.5, 0.6) is 0 Å². The van der Waals surface area contributed by atoms with Gasteiger partial charge in [0.2, 0.25) is 0 Å². The van der Waals surface area contributed by atoms with Crippen LogP contribution in [0.1, 0.15) is 12.8 Å². The average Bonchev–Trinajstić information content (AvgIpc) is 3.58. The van der Waals surface area contributed by atoms with Crippen molar-refractivity contribution in [3.8, 4) is 33.4 Å². The van der Waals surface area contributed by atoms with Crippen molar-refractivity contribution >= 4 is 77.2 Å². The molecule has 0 bridgehead atoms. The van der Waals surface area contributed by atoms with Gasteiger partial charge in [-0.3, -0.25) is 0 Å². The molecule has 0 unspecified atom stereocenters. The van der Waals surface area contributed by atoms with Crippen LogP contribution in [-0.2, 0) is 0 Å². The van der Waals surface area contributed by atoms with Crippen LogP contribution in [-0.4, -0.2) is 0 Å². The zero-order chi connectivity index (χ0) is 33.5.